The third-order valence-corrected chi connectivity index (χ3v) is 7.08. The van der Waals surface area contributed by atoms with Gasteiger partial charge in [0.2, 0.25) is 0 Å². The largest absolute Gasteiger partial charge is 0.307 e. The van der Waals surface area contributed by atoms with Crippen LogP contribution in [0.1, 0.15) is 49.7 Å². The Labute approximate surface area is 160 Å². The van der Waals surface area contributed by atoms with Gasteiger partial charge in [-0.15, -0.1) is 0 Å². The number of halogens is 1. The fraction of sp³-hybridized carbons (Fsp3) is 0.458. The van der Waals surface area contributed by atoms with Gasteiger partial charge in [0, 0.05) is 12.1 Å². The van der Waals surface area contributed by atoms with E-state index >= 15 is 0 Å². The fourth-order valence-electron chi connectivity index (χ4n) is 6.22. The summed E-state index contributed by atoms with van der Waals surface area (Å²) in [7, 11) is 0. The quantitative estimate of drug-likeness (QED) is 0.790. The van der Waals surface area contributed by atoms with Crippen molar-refractivity contribution in [1.29, 1.82) is 5.26 Å². The molecule has 3 heteroatoms. The zero-order valence-corrected chi connectivity index (χ0v) is 15.5. The first-order chi connectivity index (χ1) is 13.1. The Morgan fingerprint density at radius 1 is 0.926 bits per heavy atom. The number of nitrogens with zero attached hydrogens (tertiary/aromatic N) is 1. The van der Waals surface area contributed by atoms with Crippen molar-refractivity contribution in [3.8, 4) is 17.2 Å². The lowest BCUT2D eigenvalue weighted by atomic mass is 9.53. The van der Waals surface area contributed by atoms with Gasteiger partial charge in [-0.25, -0.2) is 4.39 Å². The van der Waals surface area contributed by atoms with Gasteiger partial charge in [0.25, 0.3) is 0 Å². The SMILES string of the molecule is N#Cc1cc(-c2ccc(CNC34CC5CC(CC(C5)C3)C4)cc2)ccc1F. The number of hydrogen-bond donors (Lipinski definition) is 1. The highest BCUT2D eigenvalue weighted by atomic mass is 19.1. The van der Waals surface area contributed by atoms with Gasteiger partial charge in [0.05, 0.1) is 5.56 Å². The second-order valence-electron chi connectivity index (χ2n) is 9.05. The van der Waals surface area contributed by atoms with Crippen molar-refractivity contribution in [3.63, 3.8) is 0 Å². The molecule has 0 heterocycles. The van der Waals surface area contributed by atoms with Crippen LogP contribution in [0.5, 0.6) is 0 Å². The zero-order valence-electron chi connectivity index (χ0n) is 15.5. The first kappa shape index (κ1) is 17.0. The van der Waals surface area contributed by atoms with Crippen molar-refractivity contribution < 1.29 is 4.39 Å². The summed E-state index contributed by atoms with van der Waals surface area (Å²) < 4.78 is 13.5. The van der Waals surface area contributed by atoms with Crippen LogP contribution < -0.4 is 5.32 Å². The summed E-state index contributed by atoms with van der Waals surface area (Å²) in [5.41, 5.74) is 3.67. The monoisotopic (exact) mass is 360 g/mol. The molecule has 0 radical (unpaired) electrons. The van der Waals surface area contributed by atoms with E-state index in [4.69, 9.17) is 5.26 Å². The van der Waals surface area contributed by atoms with Crippen molar-refractivity contribution in [2.45, 2.75) is 50.6 Å². The van der Waals surface area contributed by atoms with Gasteiger partial charge >= 0.3 is 0 Å². The van der Waals surface area contributed by atoms with Crippen molar-refractivity contribution >= 4 is 0 Å². The van der Waals surface area contributed by atoms with E-state index in [1.807, 2.05) is 6.07 Å². The van der Waals surface area contributed by atoms with Crippen LogP contribution >= 0.6 is 0 Å². The maximum Gasteiger partial charge on any atom is 0.140 e. The number of rotatable bonds is 4. The lowest BCUT2D eigenvalue weighted by Crippen LogP contribution is -2.58. The molecule has 0 aromatic heterocycles. The minimum atomic E-state index is -0.461. The molecule has 4 fully saturated rings. The first-order valence-corrected chi connectivity index (χ1v) is 10.2. The first-order valence-electron chi connectivity index (χ1n) is 10.2. The molecular weight excluding hydrogens is 335 g/mol. The van der Waals surface area contributed by atoms with E-state index in [1.54, 1.807) is 12.1 Å². The average Bonchev–Trinajstić information content (AvgIpc) is 2.66. The van der Waals surface area contributed by atoms with Crippen molar-refractivity contribution in [3.05, 3.63) is 59.4 Å². The molecule has 4 bridgehead atoms. The molecular formula is C24H25FN2. The number of nitrogens with one attached hydrogen (secondary N) is 1. The second-order valence-corrected chi connectivity index (χ2v) is 9.05. The van der Waals surface area contributed by atoms with Crippen molar-refractivity contribution in [1.82, 2.24) is 5.32 Å². The van der Waals surface area contributed by atoms with Crippen LogP contribution in [0.3, 0.4) is 0 Å². The molecule has 2 nitrogen and oxygen atoms in total. The lowest BCUT2D eigenvalue weighted by Gasteiger charge is -2.57. The van der Waals surface area contributed by atoms with Crippen LogP contribution in [0, 0.1) is 34.9 Å². The van der Waals surface area contributed by atoms with Gasteiger partial charge in [-0.05, 0) is 85.1 Å². The Balaban J connectivity index is 1.28. The smallest absolute Gasteiger partial charge is 0.140 e. The number of hydrogen-bond acceptors (Lipinski definition) is 2. The highest BCUT2D eigenvalue weighted by molar-refractivity contribution is 5.65. The maximum absolute atomic E-state index is 13.5. The molecule has 6 rings (SSSR count). The molecule has 1 N–H and O–H groups in total. The molecule has 27 heavy (non-hydrogen) atoms. The standard InChI is InChI=1S/C24H25FN2/c25-23-6-5-21(10-22(23)14-26)20-3-1-16(2-4-20)15-27-24-11-17-7-18(12-24)9-19(8-17)13-24/h1-6,10,17-19,27H,7-9,11-13,15H2. The Hall–Kier alpha value is -2.18. The van der Waals surface area contributed by atoms with Crippen LogP contribution in [-0.4, -0.2) is 5.54 Å². The molecule has 0 unspecified atom stereocenters. The molecule has 0 spiro atoms. The van der Waals surface area contributed by atoms with E-state index in [-0.39, 0.29) is 5.56 Å². The summed E-state index contributed by atoms with van der Waals surface area (Å²) in [6.07, 6.45) is 8.50. The summed E-state index contributed by atoms with van der Waals surface area (Å²) in [5.74, 6) is 2.41. The minimum Gasteiger partial charge on any atom is -0.307 e. The van der Waals surface area contributed by atoms with Crippen LogP contribution in [-0.2, 0) is 6.54 Å². The van der Waals surface area contributed by atoms with Crippen molar-refractivity contribution in [2.24, 2.45) is 17.8 Å². The predicted octanol–water partition coefficient (Wildman–Crippen LogP) is 5.42. The van der Waals surface area contributed by atoms with Crippen LogP contribution in [0.4, 0.5) is 4.39 Å². The third kappa shape index (κ3) is 3.17. The minimum absolute atomic E-state index is 0.0973. The fourth-order valence-corrected chi connectivity index (χ4v) is 6.22. The summed E-state index contributed by atoms with van der Waals surface area (Å²) >= 11 is 0. The van der Waals surface area contributed by atoms with E-state index in [2.05, 4.69) is 29.6 Å². The lowest BCUT2D eigenvalue weighted by molar-refractivity contribution is -0.0206. The molecule has 2 aromatic rings. The Morgan fingerprint density at radius 3 is 2.11 bits per heavy atom. The Morgan fingerprint density at radius 2 is 1.52 bits per heavy atom. The normalized spacial score (nSPS) is 31.0. The number of benzene rings is 2. The van der Waals surface area contributed by atoms with Crippen molar-refractivity contribution in [2.75, 3.05) is 0 Å². The van der Waals surface area contributed by atoms with Gasteiger partial charge in [-0.2, -0.15) is 5.26 Å². The molecule has 2 aromatic carbocycles. The third-order valence-electron chi connectivity index (χ3n) is 7.08. The molecule has 4 aliphatic carbocycles. The van der Waals surface area contributed by atoms with Crippen LogP contribution in [0.2, 0.25) is 0 Å². The molecule has 138 valence electrons. The van der Waals surface area contributed by atoms with Gasteiger partial charge < -0.3 is 5.32 Å². The van der Waals surface area contributed by atoms with E-state index in [9.17, 15) is 4.39 Å². The van der Waals surface area contributed by atoms with Crippen LogP contribution in [0.15, 0.2) is 42.5 Å². The summed E-state index contributed by atoms with van der Waals surface area (Å²) in [4.78, 5) is 0. The van der Waals surface area contributed by atoms with Gasteiger partial charge in [-0.3, -0.25) is 0 Å². The predicted molar refractivity (Wildman–Crippen MR) is 104 cm³/mol. The van der Waals surface area contributed by atoms with E-state index in [0.717, 1.165) is 35.4 Å². The van der Waals surface area contributed by atoms with Crippen LogP contribution in [0.25, 0.3) is 11.1 Å². The molecule has 0 aliphatic heterocycles. The number of nitriles is 1. The average molecular weight is 360 g/mol. The van der Waals surface area contributed by atoms with E-state index in [1.165, 1.54) is 50.2 Å². The Bertz CT molecular complexity index is 858. The van der Waals surface area contributed by atoms with Gasteiger partial charge in [0.15, 0.2) is 0 Å². The highest BCUT2D eigenvalue weighted by Crippen LogP contribution is 2.55. The zero-order chi connectivity index (χ0) is 18.4. The maximum atomic E-state index is 13.5. The molecule has 0 saturated heterocycles. The topological polar surface area (TPSA) is 35.8 Å². The molecule has 4 aliphatic rings. The summed E-state index contributed by atoms with van der Waals surface area (Å²) in [6, 6.07) is 15.1. The molecule has 4 saturated carbocycles. The van der Waals surface area contributed by atoms with Gasteiger partial charge in [-0.1, -0.05) is 30.3 Å². The molecule has 0 atom stereocenters. The molecule has 0 amide bonds. The van der Waals surface area contributed by atoms with Gasteiger partial charge in [0.1, 0.15) is 11.9 Å². The summed E-state index contributed by atoms with van der Waals surface area (Å²) in [6.45, 7) is 0.916. The van der Waals surface area contributed by atoms with E-state index < -0.39 is 5.82 Å². The van der Waals surface area contributed by atoms with E-state index in [0.29, 0.717) is 5.54 Å². The highest BCUT2D eigenvalue weighted by Gasteiger charge is 2.50. The summed E-state index contributed by atoms with van der Waals surface area (Å²) in [5, 5.41) is 13.0. The second kappa shape index (κ2) is 6.46. The Kier molecular flexibility index (Phi) is 4.06.